The van der Waals surface area contributed by atoms with E-state index in [1.165, 1.54) is 6.42 Å². The zero-order valence-corrected chi connectivity index (χ0v) is 16.7. The van der Waals surface area contributed by atoms with Crippen molar-refractivity contribution < 1.29 is 9.47 Å². The first-order valence-corrected chi connectivity index (χ1v) is 10.1. The fraction of sp³-hybridized carbons (Fsp3) is 0.435. The van der Waals surface area contributed by atoms with Gasteiger partial charge in [0.1, 0.15) is 5.75 Å². The van der Waals surface area contributed by atoms with Crippen LogP contribution in [0.2, 0.25) is 0 Å². The van der Waals surface area contributed by atoms with Crippen molar-refractivity contribution in [3.63, 3.8) is 0 Å². The van der Waals surface area contributed by atoms with Gasteiger partial charge in [0.05, 0.1) is 6.61 Å². The summed E-state index contributed by atoms with van der Waals surface area (Å²) in [7, 11) is 3.51. The Morgan fingerprint density at radius 3 is 2.89 bits per heavy atom. The number of hydrogen-bond donors (Lipinski definition) is 2. The summed E-state index contributed by atoms with van der Waals surface area (Å²) in [6.45, 7) is 2.31. The largest absolute Gasteiger partial charge is 0.493 e. The van der Waals surface area contributed by atoms with E-state index in [0.29, 0.717) is 19.1 Å². The second-order valence-electron chi connectivity index (χ2n) is 7.56. The maximum absolute atomic E-state index is 5.78. The second-order valence-corrected chi connectivity index (χ2v) is 7.56. The van der Waals surface area contributed by atoms with E-state index >= 15 is 0 Å². The highest BCUT2D eigenvalue weighted by Crippen LogP contribution is 2.60. The van der Waals surface area contributed by atoms with Crippen LogP contribution in [-0.4, -0.2) is 39.9 Å². The molecule has 5 heteroatoms. The van der Waals surface area contributed by atoms with Crippen molar-refractivity contribution >= 4 is 11.6 Å². The fourth-order valence-corrected chi connectivity index (χ4v) is 4.35. The molecule has 148 valence electrons. The quantitative estimate of drug-likeness (QED) is 0.417. The van der Waals surface area contributed by atoms with Crippen LogP contribution in [0.3, 0.4) is 0 Å². The lowest BCUT2D eigenvalue weighted by Gasteiger charge is -2.14. The third-order valence-electron chi connectivity index (χ3n) is 5.79. The summed E-state index contributed by atoms with van der Waals surface area (Å²) >= 11 is 0. The van der Waals surface area contributed by atoms with E-state index in [-0.39, 0.29) is 0 Å². The molecule has 2 aliphatic rings. The number of aliphatic imine (C=N–C) groups is 1. The van der Waals surface area contributed by atoms with Crippen LogP contribution in [0.1, 0.15) is 23.5 Å². The molecule has 2 aliphatic carbocycles. The Kier molecular flexibility index (Phi) is 5.81. The lowest BCUT2D eigenvalue weighted by molar-refractivity contribution is 0.172. The molecule has 2 N–H and O–H groups in total. The average molecular weight is 380 g/mol. The molecule has 5 nitrogen and oxygen atoms in total. The van der Waals surface area contributed by atoms with Gasteiger partial charge in [-0.1, -0.05) is 30.3 Å². The molecule has 0 bridgehead atoms. The van der Waals surface area contributed by atoms with Crippen molar-refractivity contribution in [3.8, 4) is 5.75 Å². The van der Waals surface area contributed by atoms with Crippen LogP contribution in [0, 0.1) is 11.8 Å². The first kappa shape index (κ1) is 18.8. The molecule has 1 fully saturated rings. The van der Waals surface area contributed by atoms with Gasteiger partial charge in [-0.2, -0.15) is 0 Å². The van der Waals surface area contributed by atoms with Crippen molar-refractivity contribution in [3.05, 3.63) is 59.7 Å². The smallest absolute Gasteiger partial charge is 0.195 e. The van der Waals surface area contributed by atoms with Gasteiger partial charge in [-0.25, -0.2) is 0 Å². The number of nitrogens with zero attached hydrogens (tertiary/aromatic N) is 1. The molecule has 0 saturated heterocycles. The van der Waals surface area contributed by atoms with Crippen molar-refractivity contribution in [2.75, 3.05) is 39.2 Å². The summed E-state index contributed by atoms with van der Waals surface area (Å²) in [5.41, 5.74) is 4.07. The minimum atomic E-state index is 0.649. The molecular weight excluding hydrogens is 350 g/mol. The Morgan fingerprint density at radius 1 is 1.14 bits per heavy atom. The molecule has 0 spiro atoms. The summed E-state index contributed by atoms with van der Waals surface area (Å²) in [6.07, 6.45) is 2.10. The van der Waals surface area contributed by atoms with E-state index in [0.717, 1.165) is 42.2 Å². The van der Waals surface area contributed by atoms with Gasteiger partial charge in [-0.15, -0.1) is 0 Å². The molecule has 3 atom stereocenters. The van der Waals surface area contributed by atoms with Crippen LogP contribution >= 0.6 is 0 Å². The Morgan fingerprint density at radius 2 is 2.04 bits per heavy atom. The summed E-state index contributed by atoms with van der Waals surface area (Å²) in [5, 5.41) is 6.87. The number of hydrogen-bond acceptors (Lipinski definition) is 3. The highest BCUT2D eigenvalue weighted by Gasteiger charge is 2.54. The number of ether oxygens (including phenoxy) is 2. The molecule has 1 saturated carbocycles. The molecular formula is C23H29N3O2. The van der Waals surface area contributed by atoms with Crippen molar-refractivity contribution in [1.82, 2.24) is 5.32 Å². The molecule has 28 heavy (non-hydrogen) atoms. The molecule has 0 radical (unpaired) electrons. The topological polar surface area (TPSA) is 54.9 Å². The highest BCUT2D eigenvalue weighted by atomic mass is 16.5. The van der Waals surface area contributed by atoms with Crippen molar-refractivity contribution in [2.45, 2.75) is 18.8 Å². The molecule has 0 heterocycles. The van der Waals surface area contributed by atoms with Crippen LogP contribution in [0.25, 0.3) is 0 Å². The van der Waals surface area contributed by atoms with Gasteiger partial charge in [0.25, 0.3) is 0 Å². The summed E-state index contributed by atoms with van der Waals surface area (Å²) in [4.78, 5) is 4.37. The predicted octanol–water partition coefficient (Wildman–Crippen LogP) is 3.68. The predicted molar refractivity (Wildman–Crippen MR) is 113 cm³/mol. The normalized spacial score (nSPS) is 22.4. The minimum Gasteiger partial charge on any atom is -0.493 e. The van der Waals surface area contributed by atoms with Gasteiger partial charge in [0.15, 0.2) is 5.96 Å². The monoisotopic (exact) mass is 379 g/mol. The van der Waals surface area contributed by atoms with Gasteiger partial charge >= 0.3 is 0 Å². The number of rotatable bonds is 8. The lowest BCUT2D eigenvalue weighted by Crippen LogP contribution is -2.32. The van der Waals surface area contributed by atoms with Gasteiger partial charge in [0, 0.05) is 45.5 Å². The van der Waals surface area contributed by atoms with Gasteiger partial charge in [0.2, 0.25) is 0 Å². The minimum absolute atomic E-state index is 0.649. The van der Waals surface area contributed by atoms with E-state index in [9.17, 15) is 0 Å². The third kappa shape index (κ3) is 4.14. The zero-order valence-electron chi connectivity index (χ0n) is 16.7. The van der Waals surface area contributed by atoms with Crippen LogP contribution in [0.15, 0.2) is 53.5 Å². The summed E-state index contributed by atoms with van der Waals surface area (Å²) < 4.78 is 10.8. The average Bonchev–Trinajstić information content (AvgIpc) is 3.26. The van der Waals surface area contributed by atoms with Gasteiger partial charge < -0.3 is 20.1 Å². The van der Waals surface area contributed by atoms with E-state index < -0.39 is 0 Å². The first-order valence-electron chi connectivity index (χ1n) is 10.1. The number of nitrogens with one attached hydrogen (secondary N) is 2. The van der Waals surface area contributed by atoms with E-state index in [4.69, 9.17) is 9.47 Å². The van der Waals surface area contributed by atoms with E-state index in [1.807, 2.05) is 31.3 Å². The van der Waals surface area contributed by atoms with Crippen LogP contribution < -0.4 is 15.4 Å². The number of benzene rings is 2. The van der Waals surface area contributed by atoms with E-state index in [1.54, 1.807) is 18.2 Å². The maximum Gasteiger partial charge on any atom is 0.195 e. The SMILES string of the molecule is CN=C(NCC1C2Cc3ccccc3C12)Nc1cccc(OCCCOC)c1. The van der Waals surface area contributed by atoms with Crippen LogP contribution in [0.4, 0.5) is 5.69 Å². The summed E-state index contributed by atoms with van der Waals surface area (Å²) in [6, 6.07) is 16.9. The standard InChI is InChI=1S/C23H29N3O2/c1-24-23(26-17-8-5-9-18(14-17)28-12-6-11-27-2)25-15-21-20-13-16-7-3-4-10-19(16)22(20)21/h3-5,7-10,14,20-22H,6,11-13,15H2,1-2H3,(H2,24,25,26). The Labute approximate surface area is 167 Å². The number of fused-ring (bicyclic) bond motifs is 3. The highest BCUT2D eigenvalue weighted by molar-refractivity contribution is 5.93. The molecule has 4 rings (SSSR count). The van der Waals surface area contributed by atoms with Crippen molar-refractivity contribution in [2.24, 2.45) is 16.8 Å². The Hall–Kier alpha value is -2.53. The van der Waals surface area contributed by atoms with Crippen LogP contribution in [-0.2, 0) is 11.2 Å². The van der Waals surface area contributed by atoms with Crippen LogP contribution in [0.5, 0.6) is 5.75 Å². The lowest BCUT2D eigenvalue weighted by atomic mass is 10.0. The zero-order chi connectivity index (χ0) is 19.3. The third-order valence-corrected chi connectivity index (χ3v) is 5.79. The second kappa shape index (κ2) is 8.65. The van der Waals surface area contributed by atoms with Gasteiger partial charge in [-0.3, -0.25) is 4.99 Å². The molecule has 0 aromatic heterocycles. The Bertz CT molecular complexity index is 836. The summed E-state index contributed by atoms with van der Waals surface area (Å²) in [5.74, 6) is 3.89. The van der Waals surface area contributed by atoms with Gasteiger partial charge in [-0.05, 0) is 47.4 Å². The fourth-order valence-electron chi connectivity index (χ4n) is 4.35. The first-order chi connectivity index (χ1) is 13.8. The number of methoxy groups -OCH3 is 1. The molecule has 0 amide bonds. The molecule has 2 aromatic rings. The number of anilines is 1. The van der Waals surface area contributed by atoms with Crippen molar-refractivity contribution in [1.29, 1.82) is 0 Å². The maximum atomic E-state index is 5.78. The molecule has 0 aliphatic heterocycles. The van der Waals surface area contributed by atoms with E-state index in [2.05, 4.69) is 39.9 Å². The molecule has 3 unspecified atom stereocenters. The number of guanidine groups is 1. The Balaban J connectivity index is 1.27. The molecule has 2 aromatic carbocycles.